The summed E-state index contributed by atoms with van der Waals surface area (Å²) in [6.07, 6.45) is 0.0570. The van der Waals surface area contributed by atoms with Crippen LogP contribution < -0.4 is 10.1 Å². The van der Waals surface area contributed by atoms with Gasteiger partial charge in [-0.15, -0.1) is 0 Å². The zero-order valence-corrected chi connectivity index (χ0v) is 17.0. The van der Waals surface area contributed by atoms with Gasteiger partial charge in [0.1, 0.15) is 5.75 Å². The Labute approximate surface area is 165 Å². The number of nitrogens with one attached hydrogen (secondary N) is 1. The molecule has 0 spiro atoms. The third kappa shape index (κ3) is 6.23. The molecule has 0 aliphatic heterocycles. The molecule has 0 unspecified atom stereocenters. The zero-order chi connectivity index (χ0) is 20.0. The van der Waals surface area contributed by atoms with Gasteiger partial charge < -0.3 is 10.1 Å². The minimum Gasteiger partial charge on any atom is -0.491 e. The van der Waals surface area contributed by atoms with E-state index in [4.69, 9.17) is 16.3 Å². The van der Waals surface area contributed by atoms with Gasteiger partial charge in [0.25, 0.3) is 0 Å². The van der Waals surface area contributed by atoms with E-state index in [0.717, 1.165) is 15.6 Å². The van der Waals surface area contributed by atoms with Gasteiger partial charge in [-0.25, -0.2) is 8.42 Å². The topological polar surface area (TPSA) is 75.7 Å². The molecule has 0 saturated heterocycles. The van der Waals surface area contributed by atoms with Gasteiger partial charge in [-0.05, 0) is 55.8 Å². The third-order valence-electron chi connectivity index (χ3n) is 3.65. The number of carbonyl (C=O) groups is 1. The van der Waals surface area contributed by atoms with Gasteiger partial charge in [0, 0.05) is 18.6 Å². The molecular formula is C19H23ClN2O4S. The Kier molecular flexibility index (Phi) is 7.24. The highest BCUT2D eigenvalue weighted by molar-refractivity contribution is 7.89. The van der Waals surface area contributed by atoms with Crippen LogP contribution in [0.4, 0.5) is 0 Å². The summed E-state index contributed by atoms with van der Waals surface area (Å²) in [5, 5.41) is 3.16. The summed E-state index contributed by atoms with van der Waals surface area (Å²) in [5.41, 5.74) is 0.865. The van der Waals surface area contributed by atoms with E-state index in [2.05, 4.69) is 5.32 Å². The van der Waals surface area contributed by atoms with E-state index in [1.165, 1.54) is 31.3 Å². The van der Waals surface area contributed by atoms with Gasteiger partial charge in [-0.3, -0.25) is 4.79 Å². The van der Waals surface area contributed by atoms with E-state index in [0.29, 0.717) is 5.02 Å². The summed E-state index contributed by atoms with van der Waals surface area (Å²) >= 11 is 5.78. The van der Waals surface area contributed by atoms with Crippen molar-refractivity contribution < 1.29 is 17.9 Å². The number of hydrogen-bond acceptors (Lipinski definition) is 4. The van der Waals surface area contributed by atoms with Gasteiger partial charge in [0.05, 0.1) is 17.5 Å². The Morgan fingerprint density at radius 2 is 1.85 bits per heavy atom. The summed E-state index contributed by atoms with van der Waals surface area (Å²) in [4.78, 5) is 12.2. The van der Waals surface area contributed by atoms with Crippen LogP contribution in [0.25, 0.3) is 0 Å². The number of halogens is 1. The second-order valence-corrected chi connectivity index (χ2v) is 8.79. The van der Waals surface area contributed by atoms with Crippen molar-refractivity contribution in [1.29, 1.82) is 0 Å². The first kappa shape index (κ1) is 21.2. The maximum atomic E-state index is 12.5. The van der Waals surface area contributed by atoms with Crippen molar-refractivity contribution in [3.05, 3.63) is 59.1 Å². The van der Waals surface area contributed by atoms with E-state index < -0.39 is 15.9 Å². The van der Waals surface area contributed by atoms with E-state index in [9.17, 15) is 13.2 Å². The molecule has 0 fully saturated rings. The van der Waals surface area contributed by atoms with Crippen LogP contribution in [0.5, 0.6) is 5.75 Å². The molecule has 0 saturated carbocycles. The molecule has 2 aromatic rings. The van der Waals surface area contributed by atoms with Crippen molar-refractivity contribution in [2.75, 3.05) is 13.6 Å². The molecular weight excluding hydrogens is 388 g/mol. The first-order chi connectivity index (χ1) is 12.7. The predicted octanol–water partition coefficient (Wildman–Crippen LogP) is 3.06. The second-order valence-electron chi connectivity index (χ2n) is 6.31. The van der Waals surface area contributed by atoms with E-state index in [-0.39, 0.29) is 24.1 Å². The SMILES string of the molecule is CC(C)Oc1cccc(CNC(=O)CN(C)S(=O)(=O)c2ccc(Cl)cc2)c1. The highest BCUT2D eigenvalue weighted by Gasteiger charge is 2.22. The fraction of sp³-hybridized carbons (Fsp3) is 0.316. The summed E-state index contributed by atoms with van der Waals surface area (Å²) in [7, 11) is -2.40. The molecule has 0 radical (unpaired) electrons. The summed E-state index contributed by atoms with van der Waals surface area (Å²) in [6.45, 7) is 3.87. The smallest absolute Gasteiger partial charge is 0.243 e. The summed E-state index contributed by atoms with van der Waals surface area (Å²) < 4.78 is 31.6. The van der Waals surface area contributed by atoms with Crippen molar-refractivity contribution in [3.63, 3.8) is 0 Å². The Morgan fingerprint density at radius 1 is 1.19 bits per heavy atom. The Bertz CT molecular complexity index is 883. The molecule has 0 atom stereocenters. The molecule has 2 aromatic carbocycles. The van der Waals surface area contributed by atoms with Crippen LogP contribution in [0.3, 0.4) is 0 Å². The molecule has 0 bridgehead atoms. The van der Waals surface area contributed by atoms with Crippen LogP contribution in [0.15, 0.2) is 53.4 Å². The fourth-order valence-electron chi connectivity index (χ4n) is 2.33. The van der Waals surface area contributed by atoms with Crippen molar-refractivity contribution in [1.82, 2.24) is 9.62 Å². The van der Waals surface area contributed by atoms with Gasteiger partial charge in [0.2, 0.25) is 15.9 Å². The zero-order valence-electron chi connectivity index (χ0n) is 15.5. The molecule has 0 aromatic heterocycles. The lowest BCUT2D eigenvalue weighted by atomic mass is 10.2. The molecule has 0 aliphatic carbocycles. The largest absolute Gasteiger partial charge is 0.491 e. The maximum Gasteiger partial charge on any atom is 0.243 e. The van der Waals surface area contributed by atoms with Crippen LogP contribution in [0, 0.1) is 0 Å². The lowest BCUT2D eigenvalue weighted by molar-refractivity contribution is -0.121. The van der Waals surface area contributed by atoms with Crippen molar-refractivity contribution >= 4 is 27.5 Å². The number of likely N-dealkylation sites (N-methyl/N-ethyl adjacent to an activating group) is 1. The average molecular weight is 411 g/mol. The van der Waals surface area contributed by atoms with Crippen LogP contribution in [-0.4, -0.2) is 38.3 Å². The first-order valence-electron chi connectivity index (χ1n) is 8.42. The molecule has 0 aliphatic rings. The minimum absolute atomic E-state index is 0.0570. The molecule has 1 amide bonds. The normalized spacial score (nSPS) is 11.6. The molecule has 8 heteroatoms. The Morgan fingerprint density at radius 3 is 2.48 bits per heavy atom. The van der Waals surface area contributed by atoms with E-state index in [1.807, 2.05) is 38.1 Å². The molecule has 1 N–H and O–H groups in total. The standard InChI is InChI=1S/C19H23ClN2O4S/c1-14(2)26-17-6-4-5-15(11-17)12-21-19(23)13-22(3)27(24,25)18-9-7-16(20)8-10-18/h4-11,14H,12-13H2,1-3H3,(H,21,23). The number of nitrogens with zero attached hydrogens (tertiary/aromatic N) is 1. The number of benzene rings is 2. The van der Waals surface area contributed by atoms with Crippen LogP contribution in [0.1, 0.15) is 19.4 Å². The number of amides is 1. The van der Waals surface area contributed by atoms with Crippen molar-refractivity contribution in [2.45, 2.75) is 31.4 Å². The van der Waals surface area contributed by atoms with Crippen molar-refractivity contribution in [3.8, 4) is 5.75 Å². The third-order valence-corrected chi connectivity index (χ3v) is 5.72. The van der Waals surface area contributed by atoms with E-state index in [1.54, 1.807) is 0 Å². The monoisotopic (exact) mass is 410 g/mol. The lowest BCUT2D eigenvalue weighted by Gasteiger charge is -2.17. The molecule has 146 valence electrons. The summed E-state index contributed by atoms with van der Waals surface area (Å²) in [6, 6.07) is 13.2. The number of rotatable bonds is 8. The second kappa shape index (κ2) is 9.21. The van der Waals surface area contributed by atoms with Crippen LogP contribution in [0.2, 0.25) is 5.02 Å². The van der Waals surface area contributed by atoms with Crippen molar-refractivity contribution in [2.24, 2.45) is 0 Å². The highest BCUT2D eigenvalue weighted by atomic mass is 35.5. The number of hydrogen-bond donors (Lipinski definition) is 1. The molecule has 2 rings (SSSR count). The number of ether oxygens (including phenoxy) is 1. The minimum atomic E-state index is -3.76. The highest BCUT2D eigenvalue weighted by Crippen LogP contribution is 2.17. The van der Waals surface area contributed by atoms with Gasteiger partial charge in [0.15, 0.2) is 0 Å². The van der Waals surface area contributed by atoms with Crippen LogP contribution in [-0.2, 0) is 21.4 Å². The average Bonchev–Trinajstić information content (AvgIpc) is 2.60. The first-order valence-corrected chi connectivity index (χ1v) is 10.2. The molecule has 6 nitrogen and oxygen atoms in total. The van der Waals surface area contributed by atoms with Gasteiger partial charge in [-0.2, -0.15) is 4.31 Å². The fourth-order valence-corrected chi connectivity index (χ4v) is 3.58. The van der Waals surface area contributed by atoms with Crippen LogP contribution >= 0.6 is 11.6 Å². The van der Waals surface area contributed by atoms with Gasteiger partial charge >= 0.3 is 0 Å². The Hall–Kier alpha value is -2.09. The predicted molar refractivity (Wildman–Crippen MR) is 105 cm³/mol. The molecule has 27 heavy (non-hydrogen) atoms. The van der Waals surface area contributed by atoms with E-state index >= 15 is 0 Å². The molecule has 0 heterocycles. The lowest BCUT2D eigenvalue weighted by Crippen LogP contribution is -2.38. The quantitative estimate of drug-likeness (QED) is 0.725. The van der Waals surface area contributed by atoms with Gasteiger partial charge in [-0.1, -0.05) is 23.7 Å². The number of carbonyl (C=O) groups excluding carboxylic acids is 1. The Balaban J connectivity index is 1.94. The summed E-state index contributed by atoms with van der Waals surface area (Å²) in [5.74, 6) is 0.324. The maximum absolute atomic E-state index is 12.5. The number of sulfonamides is 1.